The molecule has 1 heterocycles. The first-order valence-electron chi connectivity index (χ1n) is 34.1. The summed E-state index contributed by atoms with van der Waals surface area (Å²) >= 11 is 9.53. The number of ether oxygens (including phenoxy) is 8. The van der Waals surface area contributed by atoms with E-state index in [0.29, 0.717) is 50.1 Å². The fourth-order valence-corrected chi connectivity index (χ4v) is 6.86. The monoisotopic (exact) mass is 1560 g/mol. The van der Waals surface area contributed by atoms with Gasteiger partial charge in [0.25, 0.3) is 11.8 Å². The molecule has 0 aromatic heterocycles. The molecule has 0 unspecified atom stereocenters. The second-order valence-electron chi connectivity index (χ2n) is 29.2. The highest BCUT2D eigenvalue weighted by molar-refractivity contribution is 6.40. The lowest BCUT2D eigenvalue weighted by Crippen LogP contribution is -2.45. The number of hydroxylamine groups is 2. The maximum absolute atomic E-state index is 12.6. The van der Waals surface area contributed by atoms with Gasteiger partial charge in [-0.15, -0.1) is 28.3 Å². The molecule has 1 saturated heterocycles. The van der Waals surface area contributed by atoms with E-state index in [4.69, 9.17) is 82.5 Å². The van der Waals surface area contributed by atoms with E-state index in [1.165, 1.54) is 9.80 Å². The topological polar surface area (TPSA) is 483 Å². The molecule has 106 heavy (non-hydrogen) atoms. The molecule has 1 aromatic rings. The Morgan fingerprint density at radius 1 is 0.415 bits per heavy atom. The lowest BCUT2D eigenvalue weighted by Gasteiger charge is -2.25. The van der Waals surface area contributed by atoms with E-state index in [0.717, 1.165) is 13.1 Å². The van der Waals surface area contributed by atoms with E-state index in [-0.39, 0.29) is 70.5 Å². The third-order valence-electron chi connectivity index (χ3n) is 10.6. The molecule has 10 amide bonds. The largest absolute Gasteiger partial charge is 0.514 e. The van der Waals surface area contributed by atoms with Crippen LogP contribution in [0.5, 0.6) is 5.75 Å². The van der Waals surface area contributed by atoms with Gasteiger partial charge in [0.05, 0.1) is 5.34 Å². The summed E-state index contributed by atoms with van der Waals surface area (Å²) in [7, 11) is 0. The Balaban J connectivity index is -0.000000647. The Bertz CT molecular complexity index is 2680. The average molecular weight is 1560 g/mol. The second-order valence-corrected chi connectivity index (χ2v) is 30.0. The van der Waals surface area contributed by atoms with Crippen LogP contribution in [-0.2, 0) is 66.8 Å². The van der Waals surface area contributed by atoms with E-state index >= 15 is 0 Å². The Labute approximate surface area is 634 Å². The number of para-hydroxylation sites is 1. The minimum Gasteiger partial charge on any atom is -0.481 e. The van der Waals surface area contributed by atoms with Crippen LogP contribution in [0.25, 0.3) is 0 Å². The van der Waals surface area contributed by atoms with Crippen molar-refractivity contribution in [2.24, 2.45) is 11.5 Å². The van der Waals surface area contributed by atoms with Gasteiger partial charge in [-0.25, -0.2) is 38.4 Å². The summed E-state index contributed by atoms with van der Waals surface area (Å²) in [6.07, 6.45) is -5.77. The highest BCUT2D eigenvalue weighted by atomic mass is 35.5. The number of carboxylic acids is 1. The summed E-state index contributed by atoms with van der Waals surface area (Å²) in [5.74, 6) is -4.50. The number of alkyl halides is 2. The molecular formula is C68H123Cl2N13O23. The van der Waals surface area contributed by atoms with Gasteiger partial charge in [-0.2, -0.15) is 0 Å². The van der Waals surface area contributed by atoms with Crippen LogP contribution in [-0.4, -0.2) is 248 Å². The number of hydrogen-bond acceptors (Lipinski definition) is 26. The van der Waals surface area contributed by atoms with E-state index in [9.17, 15) is 62.3 Å². The van der Waals surface area contributed by atoms with Crippen LogP contribution in [0.1, 0.15) is 171 Å². The average Bonchev–Trinajstić information content (AvgIpc) is 1.71. The molecule has 38 heteroatoms. The molecule has 0 bridgehead atoms. The first-order chi connectivity index (χ1) is 48.6. The fraction of sp³-hybridized carbons (Fsp3) is 0.721. The Kier molecular flexibility index (Phi) is 53.1. The molecule has 1 aromatic carbocycles. The molecule has 2 rings (SSSR count). The number of amides is 10. The quantitative estimate of drug-likeness (QED) is 0.00786. The number of carboxylic acid groups (broad SMARTS) is 1. The molecule has 0 atom stereocenters. The van der Waals surface area contributed by atoms with Crippen molar-refractivity contribution in [3.05, 3.63) is 30.3 Å². The van der Waals surface area contributed by atoms with Gasteiger partial charge in [-0.05, 0) is 158 Å². The first-order valence-corrected chi connectivity index (χ1v) is 35.2. The number of nitrogens with two attached hydrogens (primary N) is 2. The van der Waals surface area contributed by atoms with E-state index in [2.05, 4.69) is 42.5 Å². The smallest absolute Gasteiger partial charge is 0.481 e. The maximum Gasteiger partial charge on any atom is 0.514 e. The van der Waals surface area contributed by atoms with Gasteiger partial charge in [0, 0.05) is 118 Å². The number of carbonyl (C=O) groups excluding carboxylic acids is 12. The summed E-state index contributed by atoms with van der Waals surface area (Å²) in [5, 5.41) is 30.7. The molecule has 0 saturated carbocycles. The van der Waals surface area contributed by atoms with Gasteiger partial charge >= 0.3 is 54.7 Å². The predicted molar refractivity (Wildman–Crippen MR) is 396 cm³/mol. The minimum absolute atomic E-state index is 0.00519. The van der Waals surface area contributed by atoms with Crippen LogP contribution in [0, 0.1) is 0 Å². The van der Waals surface area contributed by atoms with Crippen molar-refractivity contribution < 1.29 is 110 Å². The molecule has 1 fully saturated rings. The number of carbonyl (C=O) groups is 13. The highest BCUT2D eigenvalue weighted by Crippen LogP contribution is 2.16. The molecule has 36 nitrogen and oxygen atoms in total. The van der Waals surface area contributed by atoms with Crippen molar-refractivity contribution in [1.29, 1.82) is 0 Å². The summed E-state index contributed by atoms with van der Waals surface area (Å²) < 4.78 is 40.5. The van der Waals surface area contributed by atoms with Gasteiger partial charge in [-0.1, -0.05) is 18.2 Å². The zero-order valence-corrected chi connectivity index (χ0v) is 67.4. The highest BCUT2D eigenvalue weighted by Gasteiger charge is 2.34. The maximum atomic E-state index is 12.6. The van der Waals surface area contributed by atoms with E-state index < -0.39 is 130 Å². The Hall–Kier alpha value is -8.45. The standard InChI is InChI=1S/C21H34N4O9.C17H31N3O7.C14H29N3O4.C11H14O3.C4H13N3.CH2Cl2/c1-20(2,3)32-18(30)22-9-11-24(12-10-23-19(31)33-21(4,5)6)16(28)13-17(29)34-25-14(26)7-8-15(25)27;1-16(2,3)26-14(24)18-7-9-20(12(21)11-13(22)23)10-8-19-15(25)27-17(4,5)6;1-13(2,3)20-11(18)16-9-7-15-8-10-17-12(19)21-14(4,5)6;1-11(2,3)14-10(12)13-9-7-5-4-6-8-9;5-1-3-7-4-2-6;2-1-3/h7-13H2,1-6H3,(H,22,30)(H,23,31);7-11H2,1-6H3,(H,18,24)(H,19,25)(H,22,23);15H,7-10H2,1-6H3,(H,16,18)(H,17,19);4-8H,1-3H3;7H,1-6H2;1H2. The van der Waals surface area contributed by atoms with Gasteiger partial charge in [0.2, 0.25) is 11.8 Å². The number of benzene rings is 1. The molecule has 1 aliphatic rings. The molecule has 13 N–H and O–H groups in total. The number of nitrogens with zero attached hydrogens (tertiary/aromatic N) is 3. The number of hydrogen-bond donors (Lipinski definition) is 11. The van der Waals surface area contributed by atoms with Gasteiger partial charge in [0.1, 0.15) is 57.8 Å². The Morgan fingerprint density at radius 3 is 0.943 bits per heavy atom. The van der Waals surface area contributed by atoms with Crippen LogP contribution < -0.4 is 58.7 Å². The minimum atomic E-state index is -1.26. The van der Waals surface area contributed by atoms with Crippen molar-refractivity contribution in [3.8, 4) is 5.75 Å². The zero-order chi connectivity index (χ0) is 82.7. The van der Waals surface area contributed by atoms with Crippen molar-refractivity contribution in [2.45, 2.75) is 210 Å². The number of alkyl carbamates (subject to hydrolysis) is 6. The van der Waals surface area contributed by atoms with Crippen molar-refractivity contribution in [3.63, 3.8) is 0 Å². The summed E-state index contributed by atoms with van der Waals surface area (Å²) in [5.41, 5.74) is 6.12. The molecule has 0 radical (unpaired) electrons. The first kappa shape index (κ1) is 104. The number of aliphatic carboxylic acids is 1. The fourth-order valence-electron chi connectivity index (χ4n) is 6.86. The molecule has 0 aliphatic carbocycles. The van der Waals surface area contributed by atoms with Gasteiger partial charge in [0.15, 0.2) is 0 Å². The lowest BCUT2D eigenvalue weighted by atomic mass is 10.2. The van der Waals surface area contributed by atoms with Crippen molar-refractivity contribution in [2.75, 3.05) is 110 Å². The van der Waals surface area contributed by atoms with Gasteiger partial charge < -0.3 is 112 Å². The summed E-state index contributed by atoms with van der Waals surface area (Å²) in [4.78, 5) is 159. The molecule has 612 valence electrons. The Morgan fingerprint density at radius 2 is 0.679 bits per heavy atom. The third kappa shape index (κ3) is 71.2. The van der Waals surface area contributed by atoms with Crippen LogP contribution in [0.15, 0.2) is 30.3 Å². The van der Waals surface area contributed by atoms with Crippen LogP contribution in [0.3, 0.4) is 0 Å². The number of imide groups is 1. The third-order valence-corrected chi connectivity index (χ3v) is 10.6. The lowest BCUT2D eigenvalue weighted by molar-refractivity contribution is -0.198. The normalized spacial score (nSPS) is 11.9. The predicted octanol–water partition coefficient (Wildman–Crippen LogP) is 6.74. The van der Waals surface area contributed by atoms with E-state index in [1.807, 2.05) is 47.6 Å². The second kappa shape index (κ2) is 54.2. The van der Waals surface area contributed by atoms with Crippen LogP contribution >= 0.6 is 23.2 Å². The number of nitrogens with one attached hydrogen (secondary N) is 8. The number of halogens is 2. The van der Waals surface area contributed by atoms with Crippen molar-refractivity contribution in [1.82, 2.24) is 57.4 Å². The van der Waals surface area contributed by atoms with Crippen LogP contribution in [0.4, 0.5) is 33.6 Å². The number of rotatable bonds is 28. The molecule has 1 aliphatic heterocycles. The molecular weight excluding hydrogens is 1440 g/mol. The zero-order valence-electron chi connectivity index (χ0n) is 65.9. The SMILES string of the molecule is CC(C)(C)OC(=O)NCCN(CCNC(=O)OC(C)(C)C)C(=O)CC(=O)O.CC(C)(C)OC(=O)NCCN(CCNC(=O)OC(C)(C)C)C(=O)CC(=O)ON1C(=O)CCC1=O.CC(C)(C)OC(=O)NCCNCCNC(=O)OC(C)(C)C.CC(C)(C)OC(=O)Oc1ccccc1.ClCCl.NCCNCCN. The summed E-state index contributed by atoms with van der Waals surface area (Å²) in [6, 6.07) is 8.83. The van der Waals surface area contributed by atoms with Crippen LogP contribution in [0.2, 0.25) is 0 Å². The van der Waals surface area contributed by atoms with Gasteiger partial charge in [-0.3, -0.25) is 24.0 Å². The van der Waals surface area contributed by atoms with E-state index in [1.54, 1.807) is 128 Å². The molecule has 0 spiro atoms. The summed E-state index contributed by atoms with van der Waals surface area (Å²) in [6.45, 7) is 42.3. The van der Waals surface area contributed by atoms with Crippen molar-refractivity contribution >= 4 is 101 Å².